The van der Waals surface area contributed by atoms with Crippen molar-refractivity contribution < 1.29 is 0 Å². The summed E-state index contributed by atoms with van der Waals surface area (Å²) < 4.78 is 0. The van der Waals surface area contributed by atoms with Crippen LogP contribution in [-0.4, -0.2) is 24.6 Å². The highest BCUT2D eigenvalue weighted by molar-refractivity contribution is 7.99. The van der Waals surface area contributed by atoms with Crippen LogP contribution in [0.5, 0.6) is 0 Å². The maximum absolute atomic E-state index is 3.46. The first kappa shape index (κ1) is 13.4. The van der Waals surface area contributed by atoms with Gasteiger partial charge in [-0.1, -0.05) is 19.8 Å². The molecule has 0 spiro atoms. The highest BCUT2D eigenvalue weighted by Crippen LogP contribution is 2.27. The Labute approximate surface area is 99.8 Å². The van der Waals surface area contributed by atoms with E-state index in [1.54, 1.807) is 0 Å². The fourth-order valence-electron chi connectivity index (χ4n) is 2.18. The standard InChI is InChI=1S/C13H27NS/c1-2-9-14-10-5-6-11-15-12-13-7-3-4-8-13/h13-14H,2-12H2,1H3. The van der Waals surface area contributed by atoms with Gasteiger partial charge in [0, 0.05) is 0 Å². The molecule has 1 fully saturated rings. The van der Waals surface area contributed by atoms with Gasteiger partial charge >= 0.3 is 0 Å². The van der Waals surface area contributed by atoms with Gasteiger partial charge in [-0.2, -0.15) is 11.8 Å². The molecule has 0 aliphatic heterocycles. The lowest BCUT2D eigenvalue weighted by Crippen LogP contribution is -2.15. The summed E-state index contributed by atoms with van der Waals surface area (Å²) in [5, 5.41) is 3.46. The third-order valence-electron chi connectivity index (χ3n) is 3.15. The van der Waals surface area contributed by atoms with E-state index in [1.807, 2.05) is 0 Å². The van der Waals surface area contributed by atoms with Crippen LogP contribution in [0.15, 0.2) is 0 Å². The van der Waals surface area contributed by atoms with Gasteiger partial charge in [0.15, 0.2) is 0 Å². The molecule has 0 bridgehead atoms. The lowest BCUT2D eigenvalue weighted by molar-refractivity contribution is 0.620. The Morgan fingerprint density at radius 2 is 1.93 bits per heavy atom. The molecule has 90 valence electrons. The fourth-order valence-corrected chi connectivity index (χ4v) is 3.42. The predicted octanol–water partition coefficient (Wildman–Crippen LogP) is 3.69. The lowest BCUT2D eigenvalue weighted by Gasteiger charge is -2.08. The molecule has 1 aliphatic carbocycles. The summed E-state index contributed by atoms with van der Waals surface area (Å²) in [4.78, 5) is 0. The monoisotopic (exact) mass is 229 g/mol. The molecule has 15 heavy (non-hydrogen) atoms. The normalized spacial score (nSPS) is 17.4. The second kappa shape index (κ2) is 9.53. The third-order valence-corrected chi connectivity index (χ3v) is 4.43. The quantitative estimate of drug-likeness (QED) is 0.605. The van der Waals surface area contributed by atoms with Gasteiger partial charge < -0.3 is 5.32 Å². The molecule has 0 aromatic carbocycles. The van der Waals surface area contributed by atoms with Crippen LogP contribution < -0.4 is 5.32 Å². The Kier molecular flexibility index (Phi) is 8.50. The minimum atomic E-state index is 1.06. The van der Waals surface area contributed by atoms with E-state index in [2.05, 4.69) is 24.0 Å². The van der Waals surface area contributed by atoms with Crippen molar-refractivity contribution in [3.05, 3.63) is 0 Å². The van der Waals surface area contributed by atoms with Crippen LogP contribution >= 0.6 is 11.8 Å². The average Bonchev–Trinajstić information content (AvgIpc) is 2.75. The lowest BCUT2D eigenvalue weighted by atomic mass is 10.1. The molecule has 0 radical (unpaired) electrons. The molecule has 0 unspecified atom stereocenters. The van der Waals surface area contributed by atoms with Gasteiger partial charge in [-0.25, -0.2) is 0 Å². The summed E-state index contributed by atoms with van der Waals surface area (Å²) >= 11 is 2.19. The van der Waals surface area contributed by atoms with Gasteiger partial charge in [0.05, 0.1) is 0 Å². The third kappa shape index (κ3) is 7.24. The Balaban J connectivity index is 1.73. The molecule has 1 nitrogen and oxygen atoms in total. The van der Waals surface area contributed by atoms with E-state index >= 15 is 0 Å². The van der Waals surface area contributed by atoms with Crippen LogP contribution in [0.2, 0.25) is 0 Å². The second-order valence-electron chi connectivity index (χ2n) is 4.68. The zero-order valence-corrected chi connectivity index (χ0v) is 11.1. The van der Waals surface area contributed by atoms with E-state index in [4.69, 9.17) is 0 Å². The molecule has 0 aromatic heterocycles. The summed E-state index contributed by atoms with van der Waals surface area (Å²) in [6.45, 7) is 4.64. The van der Waals surface area contributed by atoms with Crippen LogP contribution in [0, 0.1) is 5.92 Å². The molecule has 0 saturated heterocycles. The Bertz CT molecular complexity index is 132. The topological polar surface area (TPSA) is 12.0 Å². The zero-order valence-electron chi connectivity index (χ0n) is 10.3. The Morgan fingerprint density at radius 1 is 1.13 bits per heavy atom. The van der Waals surface area contributed by atoms with Crippen LogP contribution in [0.3, 0.4) is 0 Å². The van der Waals surface area contributed by atoms with Crippen molar-refractivity contribution in [3.8, 4) is 0 Å². The van der Waals surface area contributed by atoms with Crippen LogP contribution in [-0.2, 0) is 0 Å². The molecular formula is C13H27NS. The zero-order chi connectivity index (χ0) is 10.8. The van der Waals surface area contributed by atoms with Crippen LogP contribution in [0.25, 0.3) is 0 Å². The number of unbranched alkanes of at least 4 members (excludes halogenated alkanes) is 1. The minimum absolute atomic E-state index is 1.06. The van der Waals surface area contributed by atoms with Crippen molar-refractivity contribution in [2.45, 2.75) is 51.9 Å². The molecule has 1 rings (SSSR count). The maximum atomic E-state index is 3.46. The highest BCUT2D eigenvalue weighted by atomic mass is 32.2. The fraction of sp³-hybridized carbons (Fsp3) is 1.00. The van der Waals surface area contributed by atoms with E-state index in [-0.39, 0.29) is 0 Å². The van der Waals surface area contributed by atoms with Gasteiger partial charge in [0.25, 0.3) is 0 Å². The van der Waals surface area contributed by atoms with E-state index in [0.29, 0.717) is 0 Å². The first-order valence-corrected chi connectivity index (χ1v) is 7.87. The molecular weight excluding hydrogens is 202 g/mol. The van der Waals surface area contributed by atoms with Crippen molar-refractivity contribution in [2.75, 3.05) is 24.6 Å². The number of hydrogen-bond donors (Lipinski definition) is 1. The SMILES string of the molecule is CCCNCCCCSCC1CCCC1. The van der Waals surface area contributed by atoms with E-state index in [0.717, 1.165) is 5.92 Å². The van der Waals surface area contributed by atoms with Gasteiger partial charge in [-0.3, -0.25) is 0 Å². The molecule has 0 aromatic rings. The summed E-state index contributed by atoms with van der Waals surface area (Å²) in [5.74, 6) is 3.88. The number of hydrogen-bond acceptors (Lipinski definition) is 2. The summed E-state index contributed by atoms with van der Waals surface area (Å²) in [6.07, 6.45) is 10.0. The Hall–Kier alpha value is 0.310. The van der Waals surface area contributed by atoms with E-state index in [1.165, 1.54) is 69.5 Å². The summed E-state index contributed by atoms with van der Waals surface area (Å²) in [6, 6.07) is 0. The molecule has 1 N–H and O–H groups in total. The maximum Gasteiger partial charge on any atom is -0.00391 e. The van der Waals surface area contributed by atoms with Crippen molar-refractivity contribution >= 4 is 11.8 Å². The summed E-state index contributed by atoms with van der Waals surface area (Å²) in [5.41, 5.74) is 0. The second-order valence-corrected chi connectivity index (χ2v) is 5.83. The first-order valence-electron chi connectivity index (χ1n) is 6.72. The van der Waals surface area contributed by atoms with E-state index < -0.39 is 0 Å². The van der Waals surface area contributed by atoms with Crippen molar-refractivity contribution in [2.24, 2.45) is 5.92 Å². The highest BCUT2D eigenvalue weighted by Gasteiger charge is 2.13. The number of rotatable bonds is 9. The first-order chi connectivity index (χ1) is 7.43. The van der Waals surface area contributed by atoms with E-state index in [9.17, 15) is 0 Å². The van der Waals surface area contributed by atoms with Crippen molar-refractivity contribution in [3.63, 3.8) is 0 Å². The average molecular weight is 229 g/mol. The molecule has 0 amide bonds. The van der Waals surface area contributed by atoms with Crippen LogP contribution in [0.1, 0.15) is 51.9 Å². The number of nitrogens with one attached hydrogen (secondary N) is 1. The van der Waals surface area contributed by atoms with Crippen molar-refractivity contribution in [1.29, 1.82) is 0 Å². The van der Waals surface area contributed by atoms with Gasteiger partial charge in [0.1, 0.15) is 0 Å². The molecule has 0 atom stereocenters. The summed E-state index contributed by atoms with van der Waals surface area (Å²) in [7, 11) is 0. The Morgan fingerprint density at radius 3 is 2.67 bits per heavy atom. The smallest absolute Gasteiger partial charge is 0.00391 e. The molecule has 1 saturated carbocycles. The largest absolute Gasteiger partial charge is 0.317 e. The molecule has 0 heterocycles. The minimum Gasteiger partial charge on any atom is -0.317 e. The molecule has 1 aliphatic rings. The van der Waals surface area contributed by atoms with Gasteiger partial charge in [-0.05, 0) is 62.6 Å². The van der Waals surface area contributed by atoms with Gasteiger partial charge in [0.2, 0.25) is 0 Å². The molecule has 2 heteroatoms. The van der Waals surface area contributed by atoms with Crippen LogP contribution in [0.4, 0.5) is 0 Å². The predicted molar refractivity (Wildman–Crippen MR) is 71.7 cm³/mol. The van der Waals surface area contributed by atoms with Gasteiger partial charge in [-0.15, -0.1) is 0 Å². The number of thioether (sulfide) groups is 1. The van der Waals surface area contributed by atoms with Crippen molar-refractivity contribution in [1.82, 2.24) is 5.32 Å².